The fraction of sp³-hybridized carbons (Fsp3) is 0.333. The van der Waals surface area contributed by atoms with Gasteiger partial charge >= 0.3 is 0 Å². The fourth-order valence-electron chi connectivity index (χ4n) is 3.11. The molecule has 0 aliphatic carbocycles. The van der Waals surface area contributed by atoms with E-state index in [0.717, 1.165) is 37.6 Å². The first kappa shape index (κ1) is 18.4. The number of nitrogens with zero attached hydrogens (tertiary/aromatic N) is 4. The number of ether oxygens (including phenoxy) is 1. The Morgan fingerprint density at radius 1 is 1.00 bits per heavy atom. The first-order valence-corrected chi connectivity index (χ1v) is 8.54. The highest BCUT2D eigenvalue weighted by molar-refractivity contribution is 6.04. The second-order valence-electron chi connectivity index (χ2n) is 6.21. The highest BCUT2D eigenvalue weighted by atomic mass is 16.5. The van der Waals surface area contributed by atoms with Crippen molar-refractivity contribution in [2.75, 3.05) is 43.1 Å². The van der Waals surface area contributed by atoms with Crippen LogP contribution in [0.5, 0.6) is 5.75 Å². The molecule has 9 heteroatoms. The van der Waals surface area contributed by atoms with E-state index >= 15 is 0 Å². The zero-order valence-corrected chi connectivity index (χ0v) is 15.0. The zero-order chi connectivity index (χ0) is 19.4. The SMILES string of the molecule is COc1ccc(N2CCN(c3cc(C(C(N)=O)C(N)=O)ncn3)CC2)cc1. The molecule has 0 spiro atoms. The van der Waals surface area contributed by atoms with Crippen molar-refractivity contribution in [1.82, 2.24) is 9.97 Å². The van der Waals surface area contributed by atoms with Crippen LogP contribution in [0.4, 0.5) is 11.5 Å². The summed E-state index contributed by atoms with van der Waals surface area (Å²) < 4.78 is 5.19. The molecule has 0 saturated carbocycles. The zero-order valence-electron chi connectivity index (χ0n) is 15.0. The summed E-state index contributed by atoms with van der Waals surface area (Å²) >= 11 is 0. The molecule has 1 saturated heterocycles. The number of nitrogens with two attached hydrogens (primary N) is 2. The van der Waals surface area contributed by atoms with Gasteiger partial charge in [-0.3, -0.25) is 9.59 Å². The Kier molecular flexibility index (Phi) is 5.39. The average Bonchev–Trinajstić information content (AvgIpc) is 2.68. The molecule has 1 aliphatic rings. The average molecular weight is 370 g/mol. The number of carbonyl (C=O) groups is 2. The van der Waals surface area contributed by atoms with Crippen LogP contribution >= 0.6 is 0 Å². The quantitative estimate of drug-likeness (QED) is 0.678. The summed E-state index contributed by atoms with van der Waals surface area (Å²) in [6, 6.07) is 9.53. The number of aromatic nitrogens is 2. The normalized spacial score (nSPS) is 14.3. The Balaban J connectivity index is 1.69. The molecule has 0 unspecified atom stereocenters. The minimum absolute atomic E-state index is 0.220. The third kappa shape index (κ3) is 4.08. The summed E-state index contributed by atoms with van der Waals surface area (Å²) in [5.41, 5.74) is 11.9. The fourth-order valence-corrected chi connectivity index (χ4v) is 3.11. The molecule has 27 heavy (non-hydrogen) atoms. The van der Waals surface area contributed by atoms with E-state index in [0.29, 0.717) is 5.82 Å². The largest absolute Gasteiger partial charge is 0.497 e. The molecule has 4 N–H and O–H groups in total. The van der Waals surface area contributed by atoms with E-state index in [1.807, 2.05) is 24.3 Å². The Bertz CT molecular complexity index is 804. The lowest BCUT2D eigenvalue weighted by Crippen LogP contribution is -2.47. The number of rotatable bonds is 6. The number of hydrogen-bond donors (Lipinski definition) is 2. The monoisotopic (exact) mass is 370 g/mol. The van der Waals surface area contributed by atoms with Gasteiger partial charge < -0.3 is 26.0 Å². The van der Waals surface area contributed by atoms with E-state index in [4.69, 9.17) is 16.2 Å². The van der Waals surface area contributed by atoms with Crippen molar-refractivity contribution < 1.29 is 14.3 Å². The highest BCUT2D eigenvalue weighted by Gasteiger charge is 2.27. The predicted molar refractivity (Wildman–Crippen MR) is 101 cm³/mol. The molecular weight excluding hydrogens is 348 g/mol. The number of carbonyl (C=O) groups excluding carboxylic acids is 2. The number of benzene rings is 1. The molecule has 2 amide bonds. The highest BCUT2D eigenvalue weighted by Crippen LogP contribution is 2.23. The summed E-state index contributed by atoms with van der Waals surface area (Å²) in [5, 5.41) is 0. The summed E-state index contributed by atoms with van der Waals surface area (Å²) in [7, 11) is 1.64. The lowest BCUT2D eigenvalue weighted by atomic mass is 10.0. The Morgan fingerprint density at radius 3 is 2.15 bits per heavy atom. The van der Waals surface area contributed by atoms with Gasteiger partial charge in [-0.2, -0.15) is 0 Å². The third-order valence-corrected chi connectivity index (χ3v) is 4.58. The van der Waals surface area contributed by atoms with Crippen molar-refractivity contribution in [3.8, 4) is 5.75 Å². The number of piperazine rings is 1. The van der Waals surface area contributed by atoms with Crippen LogP contribution in [-0.2, 0) is 9.59 Å². The van der Waals surface area contributed by atoms with Crippen LogP contribution in [0.2, 0.25) is 0 Å². The van der Waals surface area contributed by atoms with Gasteiger partial charge in [-0.05, 0) is 24.3 Å². The van der Waals surface area contributed by atoms with Gasteiger partial charge in [-0.1, -0.05) is 0 Å². The van der Waals surface area contributed by atoms with Crippen LogP contribution < -0.4 is 26.0 Å². The van der Waals surface area contributed by atoms with E-state index in [-0.39, 0.29) is 5.69 Å². The van der Waals surface area contributed by atoms with Gasteiger partial charge in [-0.25, -0.2) is 9.97 Å². The molecule has 0 radical (unpaired) electrons. The number of hydrogen-bond acceptors (Lipinski definition) is 7. The maximum Gasteiger partial charge on any atom is 0.236 e. The molecule has 2 aromatic rings. The van der Waals surface area contributed by atoms with Crippen molar-refractivity contribution in [2.24, 2.45) is 11.5 Å². The number of methoxy groups -OCH3 is 1. The van der Waals surface area contributed by atoms with Gasteiger partial charge in [0.2, 0.25) is 11.8 Å². The van der Waals surface area contributed by atoms with E-state index in [9.17, 15) is 9.59 Å². The van der Waals surface area contributed by atoms with Gasteiger partial charge in [0.15, 0.2) is 5.92 Å². The van der Waals surface area contributed by atoms with Gasteiger partial charge in [0.25, 0.3) is 0 Å². The third-order valence-electron chi connectivity index (χ3n) is 4.58. The standard InChI is InChI=1S/C18H22N6O3/c1-27-13-4-2-12(3-5-13)23-6-8-24(9-7-23)15-10-14(21-11-22-15)16(17(19)25)18(20)26/h2-5,10-11,16H,6-9H2,1H3,(H2,19,25)(H2,20,26). The van der Waals surface area contributed by atoms with E-state index in [1.54, 1.807) is 13.2 Å². The maximum atomic E-state index is 11.5. The topological polar surface area (TPSA) is 128 Å². The maximum absolute atomic E-state index is 11.5. The summed E-state index contributed by atoms with van der Waals surface area (Å²) in [5.74, 6) is -1.44. The molecular formula is C18H22N6O3. The lowest BCUT2D eigenvalue weighted by Gasteiger charge is -2.36. The van der Waals surface area contributed by atoms with E-state index < -0.39 is 17.7 Å². The second-order valence-corrected chi connectivity index (χ2v) is 6.21. The van der Waals surface area contributed by atoms with Crippen LogP contribution in [0.25, 0.3) is 0 Å². The van der Waals surface area contributed by atoms with Crippen molar-refractivity contribution in [3.05, 3.63) is 42.4 Å². The molecule has 1 aromatic carbocycles. The summed E-state index contributed by atoms with van der Waals surface area (Å²) in [6.07, 6.45) is 1.32. The molecule has 9 nitrogen and oxygen atoms in total. The number of amides is 2. The van der Waals surface area contributed by atoms with Crippen LogP contribution in [-0.4, -0.2) is 55.1 Å². The van der Waals surface area contributed by atoms with Crippen molar-refractivity contribution in [3.63, 3.8) is 0 Å². The second kappa shape index (κ2) is 7.90. The first-order valence-electron chi connectivity index (χ1n) is 8.54. The van der Waals surface area contributed by atoms with Gasteiger partial charge in [0.1, 0.15) is 17.9 Å². The molecule has 0 bridgehead atoms. The number of primary amides is 2. The van der Waals surface area contributed by atoms with Crippen LogP contribution in [0.15, 0.2) is 36.7 Å². The van der Waals surface area contributed by atoms with E-state index in [2.05, 4.69) is 19.8 Å². The number of anilines is 2. The predicted octanol–water partition coefficient (Wildman–Crippen LogP) is -0.134. The van der Waals surface area contributed by atoms with Gasteiger partial charge in [0.05, 0.1) is 12.8 Å². The van der Waals surface area contributed by atoms with Gasteiger partial charge in [-0.15, -0.1) is 0 Å². The molecule has 1 aromatic heterocycles. The van der Waals surface area contributed by atoms with Crippen molar-refractivity contribution in [1.29, 1.82) is 0 Å². The summed E-state index contributed by atoms with van der Waals surface area (Å²) in [4.78, 5) is 35.6. The molecule has 3 rings (SSSR count). The van der Waals surface area contributed by atoms with E-state index in [1.165, 1.54) is 6.33 Å². The van der Waals surface area contributed by atoms with Gasteiger partial charge in [0, 0.05) is 37.9 Å². The minimum atomic E-state index is -1.26. The molecule has 1 aliphatic heterocycles. The minimum Gasteiger partial charge on any atom is -0.497 e. The smallest absolute Gasteiger partial charge is 0.236 e. The Morgan fingerprint density at radius 2 is 1.59 bits per heavy atom. The molecule has 0 atom stereocenters. The van der Waals surface area contributed by atoms with Crippen molar-refractivity contribution in [2.45, 2.75) is 5.92 Å². The summed E-state index contributed by atoms with van der Waals surface area (Å²) in [6.45, 7) is 3.09. The van der Waals surface area contributed by atoms with Crippen LogP contribution in [0.3, 0.4) is 0 Å². The molecule has 2 heterocycles. The molecule has 1 fully saturated rings. The first-order chi connectivity index (χ1) is 13.0. The van der Waals surface area contributed by atoms with Crippen LogP contribution in [0.1, 0.15) is 11.6 Å². The Labute approximate surface area is 156 Å². The lowest BCUT2D eigenvalue weighted by molar-refractivity contribution is -0.128. The molecule has 142 valence electrons. The van der Waals surface area contributed by atoms with Crippen LogP contribution in [0, 0.1) is 0 Å². The van der Waals surface area contributed by atoms with Crippen molar-refractivity contribution >= 4 is 23.3 Å². The Hall–Kier alpha value is -3.36.